The van der Waals surface area contributed by atoms with Crippen molar-refractivity contribution >= 4 is 27.1 Å². The van der Waals surface area contributed by atoms with Crippen molar-refractivity contribution in [3.63, 3.8) is 0 Å². The Kier molecular flexibility index (Phi) is 3.93. The van der Waals surface area contributed by atoms with Crippen molar-refractivity contribution < 1.29 is 0 Å². The van der Waals surface area contributed by atoms with Gasteiger partial charge in [0.2, 0.25) is 0 Å². The van der Waals surface area contributed by atoms with Crippen molar-refractivity contribution in [3.05, 3.63) is 80.8 Å². The Morgan fingerprint density at radius 1 is 1.04 bits per heavy atom. The van der Waals surface area contributed by atoms with Gasteiger partial charge in [-0.2, -0.15) is 4.68 Å². The summed E-state index contributed by atoms with van der Waals surface area (Å²) in [5.41, 5.74) is 3.53. The summed E-state index contributed by atoms with van der Waals surface area (Å²) in [5, 5.41) is 8.13. The number of hydrogen-bond donors (Lipinski definition) is 0. The molecule has 0 N–H and O–H groups in total. The van der Waals surface area contributed by atoms with Crippen LogP contribution in [0, 0.1) is 6.92 Å². The Morgan fingerprint density at radius 2 is 1.76 bits per heavy atom. The van der Waals surface area contributed by atoms with Crippen LogP contribution in [0.4, 0.5) is 0 Å². The Balaban J connectivity index is 1.75. The van der Waals surface area contributed by atoms with Gasteiger partial charge in [0.25, 0.3) is 5.56 Å². The zero-order chi connectivity index (χ0) is 17.4. The van der Waals surface area contributed by atoms with Gasteiger partial charge in [0.15, 0.2) is 11.2 Å². The number of halogens is 1. The molecular formula is C18H14BrN5O. The first kappa shape index (κ1) is 15.7. The highest BCUT2D eigenvalue weighted by Gasteiger charge is 2.13. The fourth-order valence-electron chi connectivity index (χ4n) is 2.60. The van der Waals surface area contributed by atoms with Crippen LogP contribution in [0.1, 0.15) is 11.1 Å². The van der Waals surface area contributed by atoms with Gasteiger partial charge in [0.1, 0.15) is 6.33 Å². The second-order valence-corrected chi connectivity index (χ2v) is 6.73. The summed E-state index contributed by atoms with van der Waals surface area (Å²) in [4.78, 5) is 17.1. The first-order valence-electron chi connectivity index (χ1n) is 7.74. The van der Waals surface area contributed by atoms with Gasteiger partial charge in [0.05, 0.1) is 12.2 Å². The number of aromatic nitrogens is 5. The van der Waals surface area contributed by atoms with Crippen LogP contribution in [-0.4, -0.2) is 24.5 Å². The molecule has 2 aromatic carbocycles. The Bertz CT molecular complexity index is 1100. The highest BCUT2D eigenvalue weighted by atomic mass is 79.9. The van der Waals surface area contributed by atoms with Gasteiger partial charge in [-0.05, 0) is 36.8 Å². The lowest BCUT2D eigenvalue weighted by molar-refractivity contribution is 0.745. The molecule has 2 aromatic heterocycles. The standard InChI is InChI=1S/C18H14BrN5O/c1-12-2-4-13(5-3-12)10-23-11-20-17-16(18(23)25)21-22-24(17)15-8-6-14(19)7-9-15/h2-9,11H,10H2,1H3. The molecule has 4 aromatic rings. The lowest BCUT2D eigenvalue weighted by Crippen LogP contribution is -2.21. The minimum absolute atomic E-state index is 0.200. The van der Waals surface area contributed by atoms with Crippen molar-refractivity contribution in [2.24, 2.45) is 0 Å². The van der Waals surface area contributed by atoms with E-state index in [0.29, 0.717) is 12.2 Å². The van der Waals surface area contributed by atoms with E-state index in [9.17, 15) is 4.79 Å². The topological polar surface area (TPSA) is 65.6 Å². The molecule has 0 bridgehead atoms. The van der Waals surface area contributed by atoms with Crippen LogP contribution in [0.5, 0.6) is 0 Å². The van der Waals surface area contributed by atoms with Crippen LogP contribution in [0.2, 0.25) is 0 Å². The maximum Gasteiger partial charge on any atom is 0.283 e. The van der Waals surface area contributed by atoms with E-state index in [1.807, 2.05) is 55.5 Å². The molecule has 6 nitrogen and oxygen atoms in total. The summed E-state index contributed by atoms with van der Waals surface area (Å²) in [6.07, 6.45) is 1.54. The van der Waals surface area contributed by atoms with Crippen LogP contribution in [-0.2, 0) is 6.54 Å². The summed E-state index contributed by atoms with van der Waals surface area (Å²) in [7, 11) is 0. The zero-order valence-electron chi connectivity index (χ0n) is 13.4. The van der Waals surface area contributed by atoms with E-state index in [4.69, 9.17) is 0 Å². The molecule has 4 rings (SSSR count). The van der Waals surface area contributed by atoms with E-state index in [-0.39, 0.29) is 11.1 Å². The lowest BCUT2D eigenvalue weighted by atomic mass is 10.1. The molecule has 0 fully saturated rings. The fraction of sp³-hybridized carbons (Fsp3) is 0.111. The zero-order valence-corrected chi connectivity index (χ0v) is 15.0. The molecule has 124 valence electrons. The molecule has 25 heavy (non-hydrogen) atoms. The third-order valence-electron chi connectivity index (χ3n) is 3.97. The molecule has 0 atom stereocenters. The van der Waals surface area contributed by atoms with Crippen LogP contribution in [0.15, 0.2) is 64.1 Å². The maximum atomic E-state index is 12.7. The highest BCUT2D eigenvalue weighted by Crippen LogP contribution is 2.16. The predicted octanol–water partition coefficient (Wildman–Crippen LogP) is 3.10. The largest absolute Gasteiger partial charge is 0.293 e. The third-order valence-corrected chi connectivity index (χ3v) is 4.50. The molecular weight excluding hydrogens is 382 g/mol. The molecule has 0 amide bonds. The van der Waals surface area contributed by atoms with Crippen molar-refractivity contribution in [1.29, 1.82) is 0 Å². The number of hydrogen-bond acceptors (Lipinski definition) is 4. The van der Waals surface area contributed by atoms with E-state index >= 15 is 0 Å². The van der Waals surface area contributed by atoms with E-state index in [0.717, 1.165) is 15.7 Å². The molecule has 0 aliphatic rings. The summed E-state index contributed by atoms with van der Waals surface area (Å²) in [6.45, 7) is 2.48. The Morgan fingerprint density at radius 3 is 2.48 bits per heavy atom. The molecule has 2 heterocycles. The van der Waals surface area contributed by atoms with E-state index in [1.54, 1.807) is 15.6 Å². The summed E-state index contributed by atoms with van der Waals surface area (Å²) < 4.78 is 4.08. The third kappa shape index (κ3) is 2.98. The van der Waals surface area contributed by atoms with Crippen molar-refractivity contribution in [3.8, 4) is 5.69 Å². The first-order chi connectivity index (χ1) is 12.1. The fourth-order valence-corrected chi connectivity index (χ4v) is 2.87. The molecule has 0 aliphatic carbocycles. The van der Waals surface area contributed by atoms with Crippen molar-refractivity contribution in [1.82, 2.24) is 24.5 Å². The molecule has 0 saturated carbocycles. The SMILES string of the molecule is Cc1ccc(Cn2cnc3c(nnn3-c3ccc(Br)cc3)c2=O)cc1. The van der Waals surface area contributed by atoms with Gasteiger partial charge in [-0.3, -0.25) is 9.36 Å². The number of nitrogens with zero attached hydrogens (tertiary/aromatic N) is 5. The quantitative estimate of drug-likeness (QED) is 0.534. The average molecular weight is 396 g/mol. The van der Waals surface area contributed by atoms with Crippen LogP contribution >= 0.6 is 15.9 Å². The van der Waals surface area contributed by atoms with Crippen molar-refractivity contribution in [2.75, 3.05) is 0 Å². The number of fused-ring (bicyclic) bond motifs is 1. The Hall–Kier alpha value is -2.80. The van der Waals surface area contributed by atoms with Gasteiger partial charge in [-0.25, -0.2) is 4.98 Å². The minimum Gasteiger partial charge on any atom is -0.293 e. The molecule has 0 spiro atoms. The van der Waals surface area contributed by atoms with Crippen LogP contribution in [0.3, 0.4) is 0 Å². The van der Waals surface area contributed by atoms with Crippen molar-refractivity contribution in [2.45, 2.75) is 13.5 Å². The number of benzene rings is 2. The second kappa shape index (κ2) is 6.25. The van der Waals surface area contributed by atoms with Gasteiger partial charge >= 0.3 is 0 Å². The summed E-state index contributed by atoms with van der Waals surface area (Å²) in [6, 6.07) is 15.6. The molecule has 0 unspecified atom stereocenters. The molecule has 0 saturated heterocycles. The van der Waals surface area contributed by atoms with Gasteiger partial charge in [0, 0.05) is 4.47 Å². The van der Waals surface area contributed by atoms with Gasteiger partial charge in [-0.15, -0.1) is 5.10 Å². The first-order valence-corrected chi connectivity index (χ1v) is 8.53. The summed E-state index contributed by atoms with van der Waals surface area (Å²) in [5.74, 6) is 0. The highest BCUT2D eigenvalue weighted by molar-refractivity contribution is 9.10. The second-order valence-electron chi connectivity index (χ2n) is 5.81. The van der Waals surface area contributed by atoms with E-state index < -0.39 is 0 Å². The Labute approximate surface area is 151 Å². The maximum absolute atomic E-state index is 12.7. The monoisotopic (exact) mass is 395 g/mol. The number of rotatable bonds is 3. The van der Waals surface area contributed by atoms with E-state index in [1.165, 1.54) is 5.56 Å². The van der Waals surface area contributed by atoms with Crippen LogP contribution < -0.4 is 5.56 Å². The smallest absolute Gasteiger partial charge is 0.283 e. The van der Waals surface area contributed by atoms with Crippen LogP contribution in [0.25, 0.3) is 16.9 Å². The number of aryl methyl sites for hydroxylation is 1. The van der Waals surface area contributed by atoms with Gasteiger partial charge in [-0.1, -0.05) is 51.0 Å². The summed E-state index contributed by atoms with van der Waals surface area (Å²) >= 11 is 3.40. The predicted molar refractivity (Wildman–Crippen MR) is 98.9 cm³/mol. The molecule has 0 radical (unpaired) electrons. The van der Waals surface area contributed by atoms with E-state index in [2.05, 4.69) is 31.2 Å². The lowest BCUT2D eigenvalue weighted by Gasteiger charge is -2.06. The van der Waals surface area contributed by atoms with Gasteiger partial charge < -0.3 is 0 Å². The molecule has 7 heteroatoms. The minimum atomic E-state index is -0.200. The molecule has 0 aliphatic heterocycles. The average Bonchev–Trinajstić information content (AvgIpc) is 3.05. The normalized spacial score (nSPS) is 11.1.